The van der Waals surface area contributed by atoms with Gasteiger partial charge in [-0.1, -0.05) is 22.5 Å². The minimum absolute atomic E-state index is 0.00645. The van der Waals surface area contributed by atoms with E-state index in [0.717, 1.165) is 51.8 Å². The molecule has 0 aliphatic carbocycles. The van der Waals surface area contributed by atoms with Crippen LogP contribution in [0.2, 0.25) is 0 Å². The average molecular weight is 539 g/mol. The highest BCUT2D eigenvalue weighted by molar-refractivity contribution is 7.87. The Morgan fingerprint density at radius 1 is 1.08 bits per heavy atom. The highest BCUT2D eigenvalue weighted by Gasteiger charge is 2.37. The van der Waals surface area contributed by atoms with Crippen LogP contribution in [0.15, 0.2) is 53.6 Å². The highest BCUT2D eigenvalue weighted by atomic mass is 32.2. The lowest BCUT2D eigenvalue weighted by Crippen LogP contribution is -2.51. The van der Waals surface area contributed by atoms with Crippen molar-refractivity contribution in [3.05, 3.63) is 64.8 Å². The number of aromatic nitrogens is 3. The number of rotatable bonds is 6. The summed E-state index contributed by atoms with van der Waals surface area (Å²) in [6, 6.07) is 11.6. The minimum Gasteiger partial charge on any atom is -0.456 e. The SMILES string of the molecule is Cc1ccc(S(=O)(=O)On2nc(C(=O)O[C@@H]3CN4CCC3CC4)c3cc(-c4ncc(C)s4)ccc32)cc1. The second-order valence-corrected chi connectivity index (χ2v) is 12.4. The standard InChI is InChI=1S/C26H26N4O5S2/c1-16-3-6-20(7-4-16)37(32,33)35-30-22-8-5-19(25-27-14-17(2)36-25)13-21(22)24(28-30)26(31)34-23-15-29-11-9-18(23)10-12-29/h3-8,13-14,18,23H,9-12,15H2,1-2H3/t23-/m1/s1. The first-order valence-electron chi connectivity index (χ1n) is 12.2. The molecule has 0 spiro atoms. The van der Waals surface area contributed by atoms with Crippen molar-refractivity contribution in [1.29, 1.82) is 0 Å². The van der Waals surface area contributed by atoms with Gasteiger partial charge in [0.05, 0.1) is 0 Å². The molecule has 3 aliphatic rings. The van der Waals surface area contributed by atoms with Crippen LogP contribution in [0.4, 0.5) is 0 Å². The van der Waals surface area contributed by atoms with Crippen molar-refractivity contribution in [2.75, 3.05) is 19.6 Å². The number of carbonyl (C=O) groups is 1. The van der Waals surface area contributed by atoms with Crippen molar-refractivity contribution in [2.24, 2.45) is 5.92 Å². The molecular formula is C26H26N4O5S2. The third-order valence-corrected chi connectivity index (χ3v) is 9.19. The number of esters is 1. The Morgan fingerprint density at radius 2 is 1.84 bits per heavy atom. The number of hydrogen-bond acceptors (Lipinski definition) is 9. The number of hydrogen-bond donors (Lipinski definition) is 0. The van der Waals surface area contributed by atoms with Crippen LogP contribution in [0.25, 0.3) is 21.5 Å². The Labute approximate surface area is 218 Å². The predicted molar refractivity (Wildman–Crippen MR) is 139 cm³/mol. The number of fused-ring (bicyclic) bond motifs is 4. The largest absolute Gasteiger partial charge is 0.456 e. The first-order chi connectivity index (χ1) is 17.8. The van der Waals surface area contributed by atoms with Crippen LogP contribution < -0.4 is 4.28 Å². The monoisotopic (exact) mass is 538 g/mol. The van der Waals surface area contributed by atoms with Crippen molar-refractivity contribution in [3.8, 4) is 10.6 Å². The maximum Gasteiger partial charge on any atom is 0.359 e. The van der Waals surface area contributed by atoms with E-state index < -0.39 is 16.1 Å². The third kappa shape index (κ3) is 4.62. The fraction of sp³-hybridized carbons (Fsp3) is 0.346. The molecule has 4 aromatic rings. The normalized spacial score (nSPS) is 21.3. The summed E-state index contributed by atoms with van der Waals surface area (Å²) in [5.41, 5.74) is 2.07. The van der Waals surface area contributed by atoms with Crippen molar-refractivity contribution >= 4 is 38.3 Å². The third-order valence-electron chi connectivity index (χ3n) is 7.04. The van der Waals surface area contributed by atoms with Crippen molar-refractivity contribution < 1.29 is 22.2 Å². The van der Waals surface area contributed by atoms with E-state index in [0.29, 0.717) is 23.4 Å². The Bertz CT molecular complexity index is 1580. The van der Waals surface area contributed by atoms with Gasteiger partial charge in [0.1, 0.15) is 21.5 Å². The zero-order valence-corrected chi connectivity index (χ0v) is 22.1. The summed E-state index contributed by atoms with van der Waals surface area (Å²) in [5, 5.41) is 5.52. The quantitative estimate of drug-likeness (QED) is 0.341. The molecule has 5 heterocycles. The smallest absolute Gasteiger partial charge is 0.359 e. The van der Waals surface area contributed by atoms with Crippen LogP contribution >= 0.6 is 11.3 Å². The Hall–Kier alpha value is -3.28. The predicted octanol–water partition coefficient (Wildman–Crippen LogP) is 3.85. The maximum absolute atomic E-state index is 13.4. The van der Waals surface area contributed by atoms with E-state index >= 15 is 0 Å². The van der Waals surface area contributed by atoms with E-state index in [-0.39, 0.29) is 16.7 Å². The number of aryl methyl sites for hydroxylation is 2. The number of ether oxygens (including phenoxy) is 1. The molecule has 0 radical (unpaired) electrons. The molecule has 3 aliphatic heterocycles. The Kier molecular flexibility index (Phi) is 6.01. The summed E-state index contributed by atoms with van der Waals surface area (Å²) in [5.74, 6) is -0.263. The molecule has 0 N–H and O–H groups in total. The van der Waals surface area contributed by atoms with E-state index in [1.807, 2.05) is 19.9 Å². The topological polar surface area (TPSA) is 104 Å². The average Bonchev–Trinajstić information content (AvgIpc) is 3.48. The Morgan fingerprint density at radius 3 is 2.49 bits per heavy atom. The first-order valence-corrected chi connectivity index (χ1v) is 14.4. The van der Waals surface area contributed by atoms with E-state index in [4.69, 9.17) is 9.02 Å². The molecule has 3 fully saturated rings. The van der Waals surface area contributed by atoms with E-state index in [1.165, 1.54) is 23.5 Å². The van der Waals surface area contributed by atoms with Gasteiger partial charge < -0.3 is 4.74 Å². The molecule has 3 saturated heterocycles. The lowest BCUT2D eigenvalue weighted by atomic mass is 9.86. The van der Waals surface area contributed by atoms with Crippen LogP contribution in [-0.4, -0.2) is 60.0 Å². The molecule has 9 nitrogen and oxygen atoms in total. The molecular weight excluding hydrogens is 512 g/mol. The minimum atomic E-state index is -4.20. The van der Waals surface area contributed by atoms with Gasteiger partial charge in [-0.2, -0.15) is 8.42 Å². The van der Waals surface area contributed by atoms with Crippen LogP contribution in [0, 0.1) is 19.8 Å². The molecule has 37 heavy (non-hydrogen) atoms. The fourth-order valence-electron chi connectivity index (χ4n) is 5.00. The van der Waals surface area contributed by atoms with E-state index in [9.17, 15) is 13.2 Å². The highest BCUT2D eigenvalue weighted by Crippen LogP contribution is 2.32. The summed E-state index contributed by atoms with van der Waals surface area (Å²) in [6.45, 7) is 6.59. The van der Waals surface area contributed by atoms with Crippen molar-refractivity contribution in [2.45, 2.75) is 37.7 Å². The molecule has 0 saturated carbocycles. The zero-order chi connectivity index (χ0) is 25.7. The summed E-state index contributed by atoms with van der Waals surface area (Å²) in [7, 11) is -4.20. The van der Waals surface area contributed by atoms with Gasteiger partial charge in [0, 0.05) is 28.6 Å². The number of nitrogens with zero attached hydrogens (tertiary/aromatic N) is 4. The molecule has 2 aromatic carbocycles. The molecule has 11 heteroatoms. The lowest BCUT2D eigenvalue weighted by Gasteiger charge is -2.43. The number of benzene rings is 2. The molecule has 192 valence electrons. The van der Waals surface area contributed by atoms with Gasteiger partial charge >= 0.3 is 16.1 Å². The van der Waals surface area contributed by atoms with Gasteiger partial charge in [-0.25, -0.2) is 9.78 Å². The molecule has 2 bridgehead atoms. The van der Waals surface area contributed by atoms with Crippen molar-refractivity contribution in [1.82, 2.24) is 19.8 Å². The first kappa shape index (κ1) is 24.1. The molecule has 7 rings (SSSR count). The number of piperidine rings is 3. The molecule has 1 atom stereocenters. The fourth-order valence-corrected chi connectivity index (χ4v) is 6.61. The van der Waals surface area contributed by atoms with Crippen LogP contribution in [-0.2, 0) is 14.9 Å². The Balaban J connectivity index is 1.39. The number of carbonyl (C=O) groups excluding carboxylic acids is 1. The second-order valence-electron chi connectivity index (χ2n) is 9.65. The summed E-state index contributed by atoms with van der Waals surface area (Å²) < 4.78 is 37.4. The maximum atomic E-state index is 13.4. The molecule has 0 unspecified atom stereocenters. The summed E-state index contributed by atoms with van der Waals surface area (Å²) >= 11 is 1.53. The van der Waals surface area contributed by atoms with Gasteiger partial charge in [0.25, 0.3) is 0 Å². The van der Waals surface area contributed by atoms with Gasteiger partial charge in [-0.3, -0.25) is 9.18 Å². The van der Waals surface area contributed by atoms with Crippen molar-refractivity contribution in [3.63, 3.8) is 0 Å². The van der Waals surface area contributed by atoms with Crippen LogP contribution in [0.1, 0.15) is 33.8 Å². The summed E-state index contributed by atoms with van der Waals surface area (Å²) in [4.78, 5) is 22.1. The lowest BCUT2D eigenvalue weighted by molar-refractivity contribution is -0.0459. The van der Waals surface area contributed by atoms with Gasteiger partial charge in [-0.05, 0) is 76.0 Å². The van der Waals surface area contributed by atoms with E-state index in [2.05, 4.69) is 15.0 Å². The second kappa shape index (κ2) is 9.23. The zero-order valence-electron chi connectivity index (χ0n) is 20.5. The molecule has 0 amide bonds. The molecule has 2 aromatic heterocycles. The van der Waals surface area contributed by atoms with Gasteiger partial charge in [0.2, 0.25) is 0 Å². The van der Waals surface area contributed by atoms with Crippen LogP contribution in [0.3, 0.4) is 0 Å². The number of thiazole rings is 1. The van der Waals surface area contributed by atoms with E-state index in [1.54, 1.807) is 30.5 Å². The van der Waals surface area contributed by atoms with Crippen LogP contribution in [0.5, 0.6) is 0 Å². The summed E-state index contributed by atoms with van der Waals surface area (Å²) in [6.07, 6.45) is 3.57. The van der Waals surface area contributed by atoms with Gasteiger partial charge in [0.15, 0.2) is 5.69 Å². The van der Waals surface area contributed by atoms with Gasteiger partial charge in [-0.15, -0.1) is 16.4 Å².